The van der Waals surface area contributed by atoms with Crippen LogP contribution in [0.3, 0.4) is 0 Å². The molecule has 1 unspecified atom stereocenters. The smallest absolute Gasteiger partial charge is 0.224 e. The molecular weight excluding hydrogens is 262 g/mol. The Labute approximate surface area is 118 Å². The third-order valence-electron chi connectivity index (χ3n) is 3.23. The molecule has 0 fully saturated rings. The Morgan fingerprint density at radius 1 is 1.30 bits per heavy atom. The summed E-state index contributed by atoms with van der Waals surface area (Å²) in [5.74, 6) is -1.81. The van der Waals surface area contributed by atoms with Crippen LogP contribution < -0.4 is 11.1 Å². The van der Waals surface area contributed by atoms with Crippen molar-refractivity contribution in [3.05, 3.63) is 35.4 Å². The highest BCUT2D eigenvalue weighted by molar-refractivity contribution is 5.79. The van der Waals surface area contributed by atoms with Crippen molar-refractivity contribution in [2.24, 2.45) is 11.1 Å². The Morgan fingerprint density at radius 2 is 1.85 bits per heavy atom. The average Bonchev–Trinajstić information content (AvgIpc) is 2.32. The number of halogens is 2. The average molecular weight is 284 g/mol. The Hall–Kier alpha value is -1.49. The van der Waals surface area contributed by atoms with E-state index in [0.29, 0.717) is 13.0 Å². The molecule has 1 aromatic rings. The van der Waals surface area contributed by atoms with Crippen LogP contribution in [-0.4, -0.2) is 18.5 Å². The molecule has 20 heavy (non-hydrogen) atoms. The molecule has 0 radical (unpaired) electrons. The van der Waals surface area contributed by atoms with E-state index in [-0.39, 0.29) is 23.4 Å². The minimum absolute atomic E-state index is 0.130. The van der Waals surface area contributed by atoms with Crippen molar-refractivity contribution in [2.45, 2.75) is 39.7 Å². The number of rotatable bonds is 5. The summed E-state index contributed by atoms with van der Waals surface area (Å²) in [5.41, 5.74) is 5.16. The molecule has 112 valence electrons. The van der Waals surface area contributed by atoms with Gasteiger partial charge in [0.05, 0.1) is 6.42 Å². The van der Waals surface area contributed by atoms with E-state index < -0.39 is 17.5 Å². The number of nitrogens with two attached hydrogens (primary N) is 1. The fraction of sp³-hybridized carbons (Fsp3) is 0.533. The van der Waals surface area contributed by atoms with Crippen LogP contribution in [0.15, 0.2) is 18.2 Å². The van der Waals surface area contributed by atoms with Crippen molar-refractivity contribution in [1.29, 1.82) is 0 Å². The maximum atomic E-state index is 13.5. The van der Waals surface area contributed by atoms with Gasteiger partial charge >= 0.3 is 0 Å². The second-order valence-electron chi connectivity index (χ2n) is 5.94. The van der Waals surface area contributed by atoms with Crippen LogP contribution in [0.4, 0.5) is 8.78 Å². The van der Waals surface area contributed by atoms with Gasteiger partial charge in [-0.2, -0.15) is 0 Å². The highest BCUT2D eigenvalue weighted by atomic mass is 19.1. The molecule has 1 amide bonds. The minimum Gasteiger partial charge on any atom is -0.353 e. The molecule has 3 N–H and O–H groups in total. The number of hydrogen-bond acceptors (Lipinski definition) is 2. The van der Waals surface area contributed by atoms with Gasteiger partial charge in [0.1, 0.15) is 11.6 Å². The lowest BCUT2D eigenvalue weighted by Gasteiger charge is -2.31. The SMILES string of the molecule is CC(C)(C)C(CCN)NC(=O)Cc1c(F)cccc1F. The van der Waals surface area contributed by atoms with E-state index in [1.54, 1.807) is 0 Å². The van der Waals surface area contributed by atoms with Crippen LogP contribution in [0.2, 0.25) is 0 Å². The summed E-state index contributed by atoms with van der Waals surface area (Å²) < 4.78 is 27.0. The maximum absolute atomic E-state index is 13.5. The van der Waals surface area contributed by atoms with Gasteiger partial charge in [-0.15, -0.1) is 0 Å². The van der Waals surface area contributed by atoms with Crippen molar-refractivity contribution < 1.29 is 13.6 Å². The molecule has 0 aliphatic rings. The normalized spacial score (nSPS) is 13.1. The van der Waals surface area contributed by atoms with E-state index in [1.807, 2.05) is 20.8 Å². The molecule has 0 aromatic heterocycles. The van der Waals surface area contributed by atoms with Crippen molar-refractivity contribution >= 4 is 5.91 Å². The van der Waals surface area contributed by atoms with Crippen molar-refractivity contribution in [3.63, 3.8) is 0 Å². The lowest BCUT2D eigenvalue weighted by molar-refractivity contribution is -0.122. The summed E-state index contributed by atoms with van der Waals surface area (Å²) in [6.45, 7) is 6.39. The monoisotopic (exact) mass is 284 g/mol. The number of carbonyl (C=O) groups is 1. The van der Waals surface area contributed by atoms with Gasteiger partial charge in [0.25, 0.3) is 0 Å². The highest BCUT2D eigenvalue weighted by Crippen LogP contribution is 2.22. The van der Waals surface area contributed by atoms with Crippen LogP contribution in [0, 0.1) is 17.0 Å². The van der Waals surface area contributed by atoms with Crippen LogP contribution in [0.1, 0.15) is 32.8 Å². The van der Waals surface area contributed by atoms with Crippen molar-refractivity contribution in [1.82, 2.24) is 5.32 Å². The van der Waals surface area contributed by atoms with Gasteiger partial charge in [-0.25, -0.2) is 8.78 Å². The van der Waals surface area contributed by atoms with E-state index in [0.717, 1.165) is 12.1 Å². The minimum atomic E-state index is -0.703. The molecule has 0 aliphatic carbocycles. The molecule has 5 heteroatoms. The first-order valence-electron chi connectivity index (χ1n) is 6.68. The molecule has 0 spiro atoms. The van der Waals surface area contributed by atoms with Gasteiger partial charge in [0.2, 0.25) is 5.91 Å². The summed E-state index contributed by atoms with van der Waals surface area (Å²) in [4.78, 5) is 12.0. The number of carbonyl (C=O) groups excluding carboxylic acids is 1. The summed E-state index contributed by atoms with van der Waals surface area (Å²) in [7, 11) is 0. The first kappa shape index (κ1) is 16.6. The van der Waals surface area contributed by atoms with Gasteiger partial charge in [-0.1, -0.05) is 26.8 Å². The van der Waals surface area contributed by atoms with Gasteiger partial charge in [-0.3, -0.25) is 4.79 Å². The first-order chi connectivity index (χ1) is 9.25. The molecule has 1 rings (SSSR count). The van der Waals surface area contributed by atoms with E-state index >= 15 is 0 Å². The predicted octanol–water partition coefficient (Wildman–Crippen LogP) is 2.39. The van der Waals surface area contributed by atoms with E-state index in [2.05, 4.69) is 5.32 Å². The maximum Gasteiger partial charge on any atom is 0.224 e. The van der Waals surface area contributed by atoms with Crippen LogP contribution in [-0.2, 0) is 11.2 Å². The Balaban J connectivity index is 2.76. The second-order valence-corrected chi connectivity index (χ2v) is 5.94. The molecule has 3 nitrogen and oxygen atoms in total. The second kappa shape index (κ2) is 6.79. The number of hydrogen-bond donors (Lipinski definition) is 2. The summed E-state index contributed by atoms with van der Waals surface area (Å²) in [6.07, 6.45) is 0.310. The summed E-state index contributed by atoms with van der Waals surface area (Å²) in [5, 5.41) is 2.81. The van der Waals surface area contributed by atoms with Crippen molar-refractivity contribution in [2.75, 3.05) is 6.54 Å². The lowest BCUT2D eigenvalue weighted by atomic mass is 9.84. The zero-order valence-corrected chi connectivity index (χ0v) is 12.2. The summed E-state index contributed by atoms with van der Waals surface area (Å²) >= 11 is 0. The van der Waals surface area contributed by atoms with Crippen LogP contribution >= 0.6 is 0 Å². The largest absolute Gasteiger partial charge is 0.353 e. The number of amides is 1. The fourth-order valence-electron chi connectivity index (χ4n) is 2.00. The molecule has 0 heterocycles. The number of benzene rings is 1. The first-order valence-corrected chi connectivity index (χ1v) is 6.68. The third kappa shape index (κ3) is 4.56. The van der Waals surface area contributed by atoms with Crippen molar-refractivity contribution in [3.8, 4) is 0 Å². The molecule has 0 aliphatic heterocycles. The molecule has 1 aromatic carbocycles. The van der Waals surface area contributed by atoms with Gasteiger partial charge in [0, 0.05) is 11.6 Å². The van der Waals surface area contributed by atoms with Gasteiger partial charge in [-0.05, 0) is 30.5 Å². The Bertz CT molecular complexity index is 449. The summed E-state index contributed by atoms with van der Waals surface area (Å²) in [6, 6.07) is 3.44. The number of nitrogens with one attached hydrogen (secondary N) is 1. The molecule has 0 saturated heterocycles. The zero-order chi connectivity index (χ0) is 15.3. The van der Waals surface area contributed by atoms with Gasteiger partial charge < -0.3 is 11.1 Å². The molecule has 1 atom stereocenters. The zero-order valence-electron chi connectivity index (χ0n) is 12.2. The van der Waals surface area contributed by atoms with E-state index in [9.17, 15) is 13.6 Å². The lowest BCUT2D eigenvalue weighted by Crippen LogP contribution is -2.45. The topological polar surface area (TPSA) is 55.1 Å². The van der Waals surface area contributed by atoms with E-state index in [4.69, 9.17) is 5.73 Å². The van der Waals surface area contributed by atoms with E-state index in [1.165, 1.54) is 6.07 Å². The quantitative estimate of drug-likeness (QED) is 0.872. The molecular formula is C15H22F2N2O. The fourth-order valence-corrected chi connectivity index (χ4v) is 2.00. The Morgan fingerprint density at radius 3 is 2.30 bits per heavy atom. The predicted molar refractivity (Wildman–Crippen MR) is 75.1 cm³/mol. The molecule has 0 bridgehead atoms. The standard InChI is InChI=1S/C15H22F2N2O/c1-15(2,3)13(7-8-18)19-14(20)9-10-11(16)5-4-6-12(10)17/h4-6,13H,7-9,18H2,1-3H3,(H,19,20). The van der Waals surface area contributed by atoms with Crippen LogP contribution in [0.5, 0.6) is 0 Å². The Kier molecular flexibility index (Phi) is 5.62. The third-order valence-corrected chi connectivity index (χ3v) is 3.23. The van der Waals surface area contributed by atoms with Crippen LogP contribution in [0.25, 0.3) is 0 Å². The van der Waals surface area contributed by atoms with Gasteiger partial charge in [0.15, 0.2) is 0 Å². The molecule has 0 saturated carbocycles. The highest BCUT2D eigenvalue weighted by Gasteiger charge is 2.26.